The Hall–Kier alpha value is -1.63. The van der Waals surface area contributed by atoms with Crippen molar-refractivity contribution in [3.05, 3.63) is 35.9 Å². The minimum Gasteiger partial charge on any atom is -0.381 e. The Morgan fingerprint density at radius 3 is 2.74 bits per heavy atom. The van der Waals surface area contributed by atoms with Gasteiger partial charge in [0.15, 0.2) is 5.96 Å². The van der Waals surface area contributed by atoms with Crippen LogP contribution < -0.4 is 10.6 Å². The maximum atomic E-state index is 5.87. The van der Waals surface area contributed by atoms with Crippen LogP contribution in [0.2, 0.25) is 0 Å². The minimum atomic E-state index is 0.476. The molecule has 6 heteroatoms. The molecule has 31 heavy (non-hydrogen) atoms. The molecular formula is C25H42N4O2. The molecule has 2 aliphatic rings. The molecule has 0 aliphatic carbocycles. The molecule has 0 radical (unpaired) electrons. The topological polar surface area (TPSA) is 58.1 Å². The summed E-state index contributed by atoms with van der Waals surface area (Å²) in [6.45, 7) is 11.7. The summed E-state index contributed by atoms with van der Waals surface area (Å²) >= 11 is 0. The molecule has 2 heterocycles. The predicted molar refractivity (Wildman–Crippen MR) is 127 cm³/mol. The predicted octanol–water partition coefficient (Wildman–Crippen LogP) is 3.43. The van der Waals surface area contributed by atoms with E-state index in [9.17, 15) is 0 Å². The van der Waals surface area contributed by atoms with Gasteiger partial charge in [0.2, 0.25) is 0 Å². The monoisotopic (exact) mass is 430 g/mol. The SMILES string of the molecule is CCNC(=NCCCOCC1CCOCC1)NC1CCN(Cc2ccccc2)C(C)C1. The van der Waals surface area contributed by atoms with Crippen molar-refractivity contribution in [3.8, 4) is 0 Å². The minimum absolute atomic E-state index is 0.476. The summed E-state index contributed by atoms with van der Waals surface area (Å²) in [5.41, 5.74) is 1.40. The standard InChI is InChI=1S/C25H42N4O2/c1-3-26-25(27-13-7-15-31-20-23-11-16-30-17-12-23)28-24-10-14-29(21(2)18-24)19-22-8-5-4-6-9-22/h4-6,8-9,21,23-24H,3,7,10-20H2,1-2H3,(H2,26,27,28). The Morgan fingerprint density at radius 1 is 1.19 bits per heavy atom. The molecule has 2 N–H and O–H groups in total. The van der Waals surface area contributed by atoms with Crippen LogP contribution in [0.1, 0.15) is 51.5 Å². The lowest BCUT2D eigenvalue weighted by atomic mass is 9.97. The van der Waals surface area contributed by atoms with E-state index >= 15 is 0 Å². The molecule has 0 bridgehead atoms. The summed E-state index contributed by atoms with van der Waals surface area (Å²) in [6.07, 6.45) is 5.53. The van der Waals surface area contributed by atoms with Gasteiger partial charge in [0.1, 0.15) is 0 Å². The first-order chi connectivity index (χ1) is 15.2. The number of ether oxygens (including phenoxy) is 2. The largest absolute Gasteiger partial charge is 0.381 e. The Balaban J connectivity index is 1.35. The fourth-order valence-corrected chi connectivity index (χ4v) is 4.44. The molecule has 0 spiro atoms. The zero-order valence-electron chi connectivity index (χ0n) is 19.5. The number of benzene rings is 1. The number of aliphatic imine (C=N–C) groups is 1. The van der Waals surface area contributed by atoms with Crippen LogP contribution in [0, 0.1) is 5.92 Å². The molecule has 2 fully saturated rings. The van der Waals surface area contributed by atoms with E-state index in [0.29, 0.717) is 18.0 Å². The van der Waals surface area contributed by atoms with Crippen LogP contribution in [-0.4, -0.2) is 69.0 Å². The van der Waals surface area contributed by atoms with Gasteiger partial charge in [-0.2, -0.15) is 0 Å². The molecule has 6 nitrogen and oxygen atoms in total. The third kappa shape index (κ3) is 8.79. The van der Waals surface area contributed by atoms with Gasteiger partial charge in [0, 0.05) is 64.7 Å². The third-order valence-corrected chi connectivity index (χ3v) is 6.34. The molecular weight excluding hydrogens is 388 g/mol. The molecule has 2 unspecified atom stereocenters. The van der Waals surface area contributed by atoms with Crippen molar-refractivity contribution < 1.29 is 9.47 Å². The summed E-state index contributed by atoms with van der Waals surface area (Å²) in [7, 11) is 0. The zero-order chi connectivity index (χ0) is 21.7. The highest BCUT2D eigenvalue weighted by Crippen LogP contribution is 2.20. The van der Waals surface area contributed by atoms with E-state index < -0.39 is 0 Å². The first-order valence-electron chi connectivity index (χ1n) is 12.2. The summed E-state index contributed by atoms with van der Waals surface area (Å²) in [4.78, 5) is 7.38. The van der Waals surface area contributed by atoms with Gasteiger partial charge in [0.05, 0.1) is 0 Å². The number of rotatable bonds is 10. The molecule has 2 aliphatic heterocycles. The summed E-state index contributed by atoms with van der Waals surface area (Å²) in [6, 6.07) is 11.8. The van der Waals surface area contributed by atoms with Crippen LogP contribution in [0.3, 0.4) is 0 Å². The number of hydrogen-bond acceptors (Lipinski definition) is 4. The van der Waals surface area contributed by atoms with Crippen LogP contribution in [-0.2, 0) is 16.0 Å². The number of hydrogen-bond donors (Lipinski definition) is 2. The normalized spacial score (nSPS) is 23.6. The van der Waals surface area contributed by atoms with Gasteiger partial charge in [0.25, 0.3) is 0 Å². The smallest absolute Gasteiger partial charge is 0.191 e. The van der Waals surface area contributed by atoms with Gasteiger partial charge in [-0.1, -0.05) is 30.3 Å². The highest BCUT2D eigenvalue weighted by molar-refractivity contribution is 5.80. The lowest BCUT2D eigenvalue weighted by Gasteiger charge is -2.38. The van der Waals surface area contributed by atoms with Gasteiger partial charge in [-0.05, 0) is 57.4 Å². The molecule has 2 saturated heterocycles. The quantitative estimate of drug-likeness (QED) is 0.338. The molecule has 1 aromatic carbocycles. The first-order valence-corrected chi connectivity index (χ1v) is 12.2. The lowest BCUT2D eigenvalue weighted by Crippen LogP contribution is -2.51. The van der Waals surface area contributed by atoms with Gasteiger partial charge in [-0.25, -0.2) is 0 Å². The van der Waals surface area contributed by atoms with Crippen LogP contribution in [0.25, 0.3) is 0 Å². The van der Waals surface area contributed by atoms with E-state index in [4.69, 9.17) is 14.5 Å². The van der Waals surface area contributed by atoms with Gasteiger partial charge in [-0.3, -0.25) is 9.89 Å². The zero-order valence-corrected chi connectivity index (χ0v) is 19.5. The van der Waals surface area contributed by atoms with Crippen molar-refractivity contribution in [2.75, 3.05) is 46.1 Å². The lowest BCUT2D eigenvalue weighted by molar-refractivity contribution is 0.0205. The molecule has 0 aromatic heterocycles. The second-order valence-electron chi connectivity index (χ2n) is 8.92. The van der Waals surface area contributed by atoms with E-state index in [1.54, 1.807) is 0 Å². The second-order valence-corrected chi connectivity index (χ2v) is 8.92. The van der Waals surface area contributed by atoms with Crippen molar-refractivity contribution in [3.63, 3.8) is 0 Å². The highest BCUT2D eigenvalue weighted by atomic mass is 16.5. The van der Waals surface area contributed by atoms with Crippen molar-refractivity contribution in [1.82, 2.24) is 15.5 Å². The van der Waals surface area contributed by atoms with Crippen molar-refractivity contribution >= 4 is 5.96 Å². The number of guanidine groups is 1. The summed E-state index contributed by atoms with van der Waals surface area (Å²) in [5, 5.41) is 7.08. The maximum Gasteiger partial charge on any atom is 0.191 e. The van der Waals surface area contributed by atoms with E-state index in [-0.39, 0.29) is 0 Å². The number of nitrogens with zero attached hydrogens (tertiary/aromatic N) is 2. The second kappa shape index (κ2) is 13.7. The Labute approximate surface area is 188 Å². The number of likely N-dealkylation sites (tertiary alicyclic amines) is 1. The Bertz CT molecular complexity index is 634. The highest BCUT2D eigenvalue weighted by Gasteiger charge is 2.26. The maximum absolute atomic E-state index is 5.87. The fraction of sp³-hybridized carbons (Fsp3) is 0.720. The van der Waals surface area contributed by atoms with E-state index in [0.717, 1.165) is 90.7 Å². The van der Waals surface area contributed by atoms with Crippen molar-refractivity contribution in [2.24, 2.45) is 10.9 Å². The van der Waals surface area contributed by atoms with Gasteiger partial charge < -0.3 is 20.1 Å². The first kappa shape index (κ1) is 24.0. The average molecular weight is 431 g/mol. The van der Waals surface area contributed by atoms with E-state index in [1.807, 2.05) is 0 Å². The summed E-state index contributed by atoms with van der Waals surface area (Å²) in [5.74, 6) is 1.62. The van der Waals surface area contributed by atoms with E-state index in [2.05, 4.69) is 59.7 Å². The molecule has 2 atom stereocenters. The van der Waals surface area contributed by atoms with Crippen molar-refractivity contribution in [2.45, 2.75) is 64.6 Å². The van der Waals surface area contributed by atoms with Crippen LogP contribution in [0.4, 0.5) is 0 Å². The Kier molecular flexibility index (Phi) is 10.6. The molecule has 0 amide bonds. The molecule has 0 saturated carbocycles. The van der Waals surface area contributed by atoms with Crippen molar-refractivity contribution in [1.29, 1.82) is 0 Å². The van der Waals surface area contributed by atoms with Crippen LogP contribution >= 0.6 is 0 Å². The van der Waals surface area contributed by atoms with E-state index in [1.165, 1.54) is 5.56 Å². The fourth-order valence-electron chi connectivity index (χ4n) is 4.44. The summed E-state index contributed by atoms with van der Waals surface area (Å²) < 4.78 is 11.3. The molecule has 174 valence electrons. The van der Waals surface area contributed by atoms with Gasteiger partial charge in [-0.15, -0.1) is 0 Å². The molecule has 3 rings (SSSR count). The number of piperidine rings is 1. The van der Waals surface area contributed by atoms with Gasteiger partial charge >= 0.3 is 0 Å². The third-order valence-electron chi connectivity index (χ3n) is 6.34. The average Bonchev–Trinajstić information content (AvgIpc) is 2.79. The Morgan fingerprint density at radius 2 is 2.00 bits per heavy atom. The molecule has 1 aromatic rings. The number of nitrogens with one attached hydrogen (secondary N) is 2. The van der Waals surface area contributed by atoms with Crippen LogP contribution in [0.15, 0.2) is 35.3 Å². The van der Waals surface area contributed by atoms with Crippen LogP contribution in [0.5, 0.6) is 0 Å².